The Balaban J connectivity index is 2.10. The zero-order chi connectivity index (χ0) is 15.5. The number of benzene rings is 1. The Kier molecular flexibility index (Phi) is 4.21. The third-order valence-corrected chi connectivity index (χ3v) is 2.85. The smallest absolute Gasteiger partial charge is 0.418 e. The highest BCUT2D eigenvalue weighted by Gasteiger charge is 2.33. The van der Waals surface area contributed by atoms with E-state index in [2.05, 4.69) is 15.0 Å². The van der Waals surface area contributed by atoms with Crippen LogP contribution in [0.15, 0.2) is 36.4 Å². The third kappa shape index (κ3) is 3.56. The number of carbonyl (C=O) groups excluding carboxylic acids is 1. The minimum atomic E-state index is -4.42. The maximum Gasteiger partial charge on any atom is 0.418 e. The average molecular weight is 298 g/mol. The van der Waals surface area contributed by atoms with E-state index in [1.807, 2.05) is 0 Å². The summed E-state index contributed by atoms with van der Waals surface area (Å²) < 4.78 is 43.0. The first-order valence-corrected chi connectivity index (χ1v) is 6.08. The predicted molar refractivity (Wildman–Crippen MR) is 70.9 cm³/mol. The fraction of sp³-hybridized carbons (Fsp3) is 0.214. The number of carbonyl (C=O) groups is 1. The van der Waals surface area contributed by atoms with Crippen LogP contribution in [-0.4, -0.2) is 18.1 Å². The van der Waals surface area contributed by atoms with Crippen molar-refractivity contribution in [3.8, 4) is 0 Å². The summed E-state index contributed by atoms with van der Waals surface area (Å²) in [5.41, 5.74) is 0.0785. The van der Waals surface area contributed by atoms with Crippen molar-refractivity contribution in [3.05, 3.63) is 53.3 Å². The number of hydrogen-bond donors (Lipinski definition) is 2. The summed E-state index contributed by atoms with van der Waals surface area (Å²) in [6, 6.07) is 8.34. The van der Waals surface area contributed by atoms with E-state index in [0.717, 1.165) is 6.07 Å². The van der Waals surface area contributed by atoms with Crippen LogP contribution in [0.2, 0.25) is 0 Å². The van der Waals surface area contributed by atoms with Gasteiger partial charge in [-0.3, -0.25) is 0 Å². The first-order valence-electron chi connectivity index (χ1n) is 6.08. The van der Waals surface area contributed by atoms with Crippen molar-refractivity contribution in [1.29, 1.82) is 0 Å². The molecule has 0 bridgehead atoms. The molecule has 0 aliphatic carbocycles. The molecule has 0 saturated carbocycles. The normalized spacial score (nSPS) is 11.2. The van der Waals surface area contributed by atoms with Crippen LogP contribution in [0.3, 0.4) is 0 Å². The van der Waals surface area contributed by atoms with E-state index in [1.165, 1.54) is 31.4 Å². The van der Waals surface area contributed by atoms with Crippen molar-refractivity contribution in [3.63, 3.8) is 0 Å². The minimum Gasteiger partial charge on any atom is -0.464 e. The summed E-state index contributed by atoms with van der Waals surface area (Å²) in [7, 11) is 1.25. The SMILES string of the molecule is COC(=O)c1ccc(CNc2ccccc2C(F)(F)F)[nH]1. The Morgan fingerprint density at radius 3 is 2.62 bits per heavy atom. The lowest BCUT2D eigenvalue weighted by atomic mass is 10.1. The van der Waals surface area contributed by atoms with Gasteiger partial charge in [0.25, 0.3) is 0 Å². The van der Waals surface area contributed by atoms with E-state index in [0.29, 0.717) is 5.69 Å². The predicted octanol–water partition coefficient (Wildman–Crippen LogP) is 3.43. The molecule has 0 amide bonds. The van der Waals surface area contributed by atoms with Gasteiger partial charge in [0.05, 0.1) is 19.2 Å². The van der Waals surface area contributed by atoms with Gasteiger partial charge in [0.1, 0.15) is 5.69 Å². The quantitative estimate of drug-likeness (QED) is 0.850. The van der Waals surface area contributed by atoms with Gasteiger partial charge in [-0.2, -0.15) is 13.2 Å². The molecule has 21 heavy (non-hydrogen) atoms. The summed E-state index contributed by atoms with van der Waals surface area (Å²) in [6.45, 7) is 0.129. The van der Waals surface area contributed by atoms with Crippen LogP contribution in [0, 0.1) is 0 Å². The number of methoxy groups -OCH3 is 1. The van der Waals surface area contributed by atoms with Crippen LogP contribution in [0.25, 0.3) is 0 Å². The molecule has 0 fully saturated rings. The Hall–Kier alpha value is -2.44. The molecule has 7 heteroatoms. The number of aromatic nitrogens is 1. The molecule has 0 radical (unpaired) electrons. The van der Waals surface area contributed by atoms with Gasteiger partial charge in [-0.15, -0.1) is 0 Å². The third-order valence-electron chi connectivity index (χ3n) is 2.85. The molecule has 1 aromatic heterocycles. The van der Waals surface area contributed by atoms with Crippen LogP contribution >= 0.6 is 0 Å². The molecule has 1 heterocycles. The second kappa shape index (κ2) is 5.90. The molecule has 1 aromatic carbocycles. The lowest BCUT2D eigenvalue weighted by molar-refractivity contribution is -0.137. The number of alkyl halides is 3. The number of hydrogen-bond acceptors (Lipinski definition) is 3. The van der Waals surface area contributed by atoms with Gasteiger partial charge in [0, 0.05) is 11.4 Å². The molecule has 0 aliphatic rings. The highest BCUT2D eigenvalue weighted by Crippen LogP contribution is 2.34. The van der Waals surface area contributed by atoms with Gasteiger partial charge in [0.2, 0.25) is 0 Å². The van der Waals surface area contributed by atoms with Crippen molar-refractivity contribution < 1.29 is 22.7 Å². The van der Waals surface area contributed by atoms with Gasteiger partial charge in [-0.05, 0) is 24.3 Å². The molecule has 112 valence electrons. The second-order valence-corrected chi connectivity index (χ2v) is 4.29. The van der Waals surface area contributed by atoms with Crippen LogP contribution in [-0.2, 0) is 17.5 Å². The van der Waals surface area contributed by atoms with Crippen molar-refractivity contribution in [2.75, 3.05) is 12.4 Å². The number of rotatable bonds is 4. The van der Waals surface area contributed by atoms with E-state index in [9.17, 15) is 18.0 Å². The van der Waals surface area contributed by atoms with Crippen molar-refractivity contribution >= 4 is 11.7 Å². The monoisotopic (exact) mass is 298 g/mol. The highest BCUT2D eigenvalue weighted by atomic mass is 19.4. The Bertz CT molecular complexity index is 635. The Morgan fingerprint density at radius 1 is 1.24 bits per heavy atom. The molecule has 0 spiro atoms. The number of H-pyrrole nitrogens is 1. The zero-order valence-corrected chi connectivity index (χ0v) is 11.1. The Morgan fingerprint density at radius 2 is 1.95 bits per heavy atom. The average Bonchev–Trinajstić information content (AvgIpc) is 2.92. The molecule has 0 atom stereocenters. The molecule has 2 N–H and O–H groups in total. The second-order valence-electron chi connectivity index (χ2n) is 4.29. The standard InChI is InChI=1S/C14H13F3N2O2/c1-21-13(20)12-7-6-9(19-12)8-18-11-5-3-2-4-10(11)14(15,16)17/h2-7,18-19H,8H2,1H3. The molecular formula is C14H13F3N2O2. The summed E-state index contributed by atoms with van der Waals surface area (Å²) >= 11 is 0. The summed E-state index contributed by atoms with van der Waals surface area (Å²) in [5, 5.41) is 2.70. The fourth-order valence-corrected chi connectivity index (χ4v) is 1.85. The van der Waals surface area contributed by atoms with Gasteiger partial charge in [-0.25, -0.2) is 4.79 Å². The maximum atomic E-state index is 12.8. The number of halogens is 3. The zero-order valence-electron chi connectivity index (χ0n) is 11.1. The summed E-state index contributed by atoms with van der Waals surface area (Å²) in [5.74, 6) is -0.531. The van der Waals surface area contributed by atoms with Crippen LogP contribution in [0.4, 0.5) is 18.9 Å². The number of ether oxygens (including phenoxy) is 1. The number of esters is 1. The number of nitrogens with one attached hydrogen (secondary N) is 2. The van der Waals surface area contributed by atoms with Gasteiger partial charge in [-0.1, -0.05) is 12.1 Å². The van der Waals surface area contributed by atoms with E-state index in [1.54, 1.807) is 6.07 Å². The molecule has 0 saturated heterocycles. The number of para-hydroxylation sites is 1. The number of anilines is 1. The lowest BCUT2D eigenvalue weighted by Gasteiger charge is -2.13. The summed E-state index contributed by atoms with van der Waals surface area (Å²) in [4.78, 5) is 14.0. The fourth-order valence-electron chi connectivity index (χ4n) is 1.85. The maximum absolute atomic E-state index is 12.8. The van der Waals surface area contributed by atoms with Crippen LogP contribution in [0.5, 0.6) is 0 Å². The van der Waals surface area contributed by atoms with Gasteiger partial charge < -0.3 is 15.0 Å². The van der Waals surface area contributed by atoms with Crippen LogP contribution < -0.4 is 5.32 Å². The molecule has 2 aromatic rings. The largest absolute Gasteiger partial charge is 0.464 e. The topological polar surface area (TPSA) is 54.1 Å². The highest BCUT2D eigenvalue weighted by molar-refractivity contribution is 5.87. The van der Waals surface area contributed by atoms with Crippen LogP contribution in [0.1, 0.15) is 21.7 Å². The summed E-state index contributed by atoms with van der Waals surface area (Å²) in [6.07, 6.45) is -4.42. The van der Waals surface area contributed by atoms with Crippen molar-refractivity contribution in [2.24, 2.45) is 0 Å². The van der Waals surface area contributed by atoms with Gasteiger partial charge >= 0.3 is 12.1 Å². The first-order chi connectivity index (χ1) is 9.91. The Labute approximate surface area is 118 Å². The van der Waals surface area contributed by atoms with E-state index in [4.69, 9.17) is 0 Å². The lowest BCUT2D eigenvalue weighted by Crippen LogP contribution is -2.11. The van der Waals surface area contributed by atoms with Crippen molar-refractivity contribution in [2.45, 2.75) is 12.7 Å². The molecule has 2 rings (SSSR count). The first kappa shape index (κ1) is 15.0. The molecule has 0 unspecified atom stereocenters. The number of aromatic amines is 1. The molecule has 4 nitrogen and oxygen atoms in total. The van der Waals surface area contributed by atoms with E-state index in [-0.39, 0.29) is 17.9 Å². The molecule has 0 aliphatic heterocycles. The van der Waals surface area contributed by atoms with E-state index < -0.39 is 17.7 Å². The van der Waals surface area contributed by atoms with Crippen molar-refractivity contribution in [1.82, 2.24) is 4.98 Å². The van der Waals surface area contributed by atoms with E-state index >= 15 is 0 Å². The molecular weight excluding hydrogens is 285 g/mol. The van der Waals surface area contributed by atoms with Gasteiger partial charge in [0.15, 0.2) is 0 Å². The minimum absolute atomic E-state index is 0.0146.